The molecule has 1 aromatic carbocycles. The molecule has 6 nitrogen and oxygen atoms in total. The van der Waals surface area contributed by atoms with E-state index in [1.54, 1.807) is 0 Å². The molecule has 0 unspecified atom stereocenters. The first kappa shape index (κ1) is 19.3. The quantitative estimate of drug-likeness (QED) is 0.543. The van der Waals surface area contributed by atoms with Gasteiger partial charge in [-0.05, 0) is 42.5 Å². The summed E-state index contributed by atoms with van der Waals surface area (Å²) in [5.41, 5.74) is 2.60. The van der Waals surface area contributed by atoms with Crippen molar-refractivity contribution < 1.29 is 14.6 Å². The molecule has 136 valence electrons. The van der Waals surface area contributed by atoms with Crippen LogP contribution in [-0.4, -0.2) is 38.2 Å². The van der Waals surface area contributed by atoms with Gasteiger partial charge in [0.25, 0.3) is 0 Å². The fourth-order valence-electron chi connectivity index (χ4n) is 2.62. The first-order valence-corrected chi connectivity index (χ1v) is 9.33. The number of aryl methyl sites for hydroxylation is 2. The summed E-state index contributed by atoms with van der Waals surface area (Å²) in [4.78, 5) is 10.6. The van der Waals surface area contributed by atoms with Gasteiger partial charge in [0, 0.05) is 13.5 Å². The molecule has 0 amide bonds. The number of thioether (sulfide) groups is 1. The summed E-state index contributed by atoms with van der Waals surface area (Å²) >= 11 is 1.18. The van der Waals surface area contributed by atoms with Crippen molar-refractivity contribution in [2.24, 2.45) is 7.05 Å². The van der Waals surface area contributed by atoms with Crippen LogP contribution in [-0.2, 0) is 18.3 Å². The van der Waals surface area contributed by atoms with E-state index in [4.69, 9.17) is 9.84 Å². The van der Waals surface area contributed by atoms with Crippen LogP contribution < -0.4 is 4.74 Å². The SMILES string of the molecule is Cc1cc(OCCCc2nnc(SCC(=O)O)n2C)ccc1C(C)C. The van der Waals surface area contributed by atoms with Crippen LogP contribution in [0.3, 0.4) is 0 Å². The molecular weight excluding hydrogens is 338 g/mol. The molecular formula is C18H25N3O3S. The predicted octanol–water partition coefficient (Wildman–Crippen LogP) is 3.44. The Labute approximate surface area is 152 Å². The Morgan fingerprint density at radius 1 is 1.36 bits per heavy atom. The second-order valence-electron chi connectivity index (χ2n) is 6.27. The highest BCUT2D eigenvalue weighted by Crippen LogP contribution is 2.23. The fraction of sp³-hybridized carbons (Fsp3) is 0.500. The molecule has 0 saturated heterocycles. The number of carbonyl (C=O) groups is 1. The Morgan fingerprint density at radius 3 is 2.76 bits per heavy atom. The van der Waals surface area contributed by atoms with Crippen LogP contribution in [0.25, 0.3) is 0 Å². The molecule has 0 bridgehead atoms. The molecule has 0 aliphatic heterocycles. The maximum atomic E-state index is 10.6. The lowest BCUT2D eigenvalue weighted by Gasteiger charge is -2.12. The zero-order valence-corrected chi connectivity index (χ0v) is 16.0. The third-order valence-electron chi connectivity index (χ3n) is 3.93. The number of benzene rings is 1. The normalized spacial score (nSPS) is 11.1. The highest BCUT2D eigenvalue weighted by atomic mass is 32.2. The summed E-state index contributed by atoms with van der Waals surface area (Å²) in [5, 5.41) is 17.5. The van der Waals surface area contributed by atoms with Crippen LogP contribution in [0.15, 0.2) is 23.4 Å². The summed E-state index contributed by atoms with van der Waals surface area (Å²) in [7, 11) is 1.86. The molecule has 0 spiro atoms. The van der Waals surface area contributed by atoms with Crippen LogP contribution >= 0.6 is 11.8 Å². The van der Waals surface area contributed by atoms with Crippen molar-refractivity contribution in [1.29, 1.82) is 0 Å². The van der Waals surface area contributed by atoms with Crippen molar-refractivity contribution in [2.45, 2.75) is 44.7 Å². The molecule has 25 heavy (non-hydrogen) atoms. The number of aliphatic carboxylic acids is 1. The van der Waals surface area contributed by atoms with Gasteiger partial charge in [0.1, 0.15) is 11.6 Å². The van der Waals surface area contributed by atoms with Crippen LogP contribution in [0.4, 0.5) is 0 Å². The van der Waals surface area contributed by atoms with Gasteiger partial charge in [0.15, 0.2) is 5.16 Å². The van der Waals surface area contributed by atoms with Gasteiger partial charge in [0.2, 0.25) is 0 Å². The molecule has 1 N–H and O–H groups in total. The second-order valence-corrected chi connectivity index (χ2v) is 7.21. The van der Waals surface area contributed by atoms with E-state index >= 15 is 0 Å². The van der Waals surface area contributed by atoms with Gasteiger partial charge in [-0.2, -0.15) is 0 Å². The van der Waals surface area contributed by atoms with Crippen molar-refractivity contribution in [1.82, 2.24) is 14.8 Å². The van der Waals surface area contributed by atoms with Gasteiger partial charge in [-0.15, -0.1) is 10.2 Å². The standard InChI is InChI=1S/C18H25N3O3S/c1-12(2)15-8-7-14(10-13(15)3)24-9-5-6-16-19-20-18(21(16)4)25-11-17(22)23/h7-8,10,12H,5-6,9,11H2,1-4H3,(H,22,23). The van der Waals surface area contributed by atoms with E-state index in [1.165, 1.54) is 22.9 Å². The molecule has 1 aromatic heterocycles. The summed E-state index contributed by atoms with van der Waals surface area (Å²) in [5.74, 6) is 1.36. The summed E-state index contributed by atoms with van der Waals surface area (Å²) in [6, 6.07) is 6.23. The molecule has 0 saturated carbocycles. The number of hydrogen-bond acceptors (Lipinski definition) is 5. The molecule has 7 heteroatoms. The van der Waals surface area contributed by atoms with Gasteiger partial charge in [-0.1, -0.05) is 31.7 Å². The molecule has 0 fully saturated rings. The molecule has 0 atom stereocenters. The molecule has 0 aliphatic carbocycles. The molecule has 0 aliphatic rings. The van der Waals surface area contributed by atoms with E-state index in [9.17, 15) is 4.79 Å². The van der Waals surface area contributed by atoms with E-state index in [0.717, 1.165) is 24.4 Å². The summed E-state index contributed by atoms with van der Waals surface area (Å²) < 4.78 is 7.67. The highest BCUT2D eigenvalue weighted by Gasteiger charge is 2.11. The van der Waals surface area contributed by atoms with Crippen molar-refractivity contribution >= 4 is 17.7 Å². The maximum Gasteiger partial charge on any atom is 0.313 e. The van der Waals surface area contributed by atoms with E-state index in [0.29, 0.717) is 17.7 Å². The lowest BCUT2D eigenvalue weighted by atomic mass is 9.98. The number of aromatic nitrogens is 3. The minimum Gasteiger partial charge on any atom is -0.494 e. The smallest absolute Gasteiger partial charge is 0.313 e. The fourth-order valence-corrected chi connectivity index (χ4v) is 3.27. The van der Waals surface area contributed by atoms with Crippen molar-refractivity contribution in [3.8, 4) is 5.75 Å². The Morgan fingerprint density at radius 2 is 2.12 bits per heavy atom. The molecule has 1 heterocycles. The Kier molecular flexibility index (Phi) is 6.87. The van der Waals surface area contributed by atoms with Crippen LogP contribution in [0.2, 0.25) is 0 Å². The van der Waals surface area contributed by atoms with Gasteiger partial charge < -0.3 is 14.4 Å². The van der Waals surface area contributed by atoms with Crippen molar-refractivity contribution in [3.63, 3.8) is 0 Å². The van der Waals surface area contributed by atoms with Crippen LogP contribution in [0.1, 0.15) is 43.1 Å². The topological polar surface area (TPSA) is 77.2 Å². The van der Waals surface area contributed by atoms with Gasteiger partial charge in [-0.25, -0.2) is 0 Å². The Hall–Kier alpha value is -2.02. The van der Waals surface area contributed by atoms with Gasteiger partial charge >= 0.3 is 5.97 Å². The van der Waals surface area contributed by atoms with Crippen LogP contribution in [0, 0.1) is 6.92 Å². The second kappa shape index (κ2) is 8.89. The first-order valence-electron chi connectivity index (χ1n) is 8.34. The number of carboxylic acids is 1. The van der Waals surface area contributed by atoms with Crippen molar-refractivity contribution in [2.75, 3.05) is 12.4 Å². The summed E-state index contributed by atoms with van der Waals surface area (Å²) in [6.07, 6.45) is 1.56. The molecule has 2 rings (SSSR count). The summed E-state index contributed by atoms with van der Waals surface area (Å²) in [6.45, 7) is 7.09. The molecule has 2 aromatic rings. The lowest BCUT2D eigenvalue weighted by Crippen LogP contribution is -2.05. The molecule has 0 radical (unpaired) electrons. The third kappa shape index (κ3) is 5.49. The monoisotopic (exact) mass is 363 g/mol. The van der Waals surface area contributed by atoms with E-state index < -0.39 is 5.97 Å². The minimum absolute atomic E-state index is 0.0131. The number of nitrogens with zero attached hydrogens (tertiary/aromatic N) is 3. The van der Waals surface area contributed by atoms with Crippen molar-refractivity contribution in [3.05, 3.63) is 35.2 Å². The Bertz CT molecular complexity index is 728. The largest absolute Gasteiger partial charge is 0.494 e. The first-order chi connectivity index (χ1) is 11.9. The number of hydrogen-bond donors (Lipinski definition) is 1. The van der Waals surface area contributed by atoms with E-state index in [1.807, 2.05) is 17.7 Å². The number of rotatable bonds is 9. The maximum absolute atomic E-state index is 10.6. The van der Waals surface area contributed by atoms with Gasteiger partial charge in [0.05, 0.1) is 12.4 Å². The average Bonchev–Trinajstić information content (AvgIpc) is 2.89. The number of ether oxygens (including phenoxy) is 1. The minimum atomic E-state index is -0.860. The third-order valence-corrected chi connectivity index (χ3v) is 4.93. The zero-order chi connectivity index (χ0) is 18.4. The van der Waals surface area contributed by atoms with Gasteiger partial charge in [-0.3, -0.25) is 4.79 Å². The Balaban J connectivity index is 1.81. The average molecular weight is 363 g/mol. The van der Waals surface area contributed by atoms with E-state index in [2.05, 4.69) is 43.1 Å². The lowest BCUT2D eigenvalue weighted by molar-refractivity contribution is -0.133. The highest BCUT2D eigenvalue weighted by molar-refractivity contribution is 7.99. The van der Waals surface area contributed by atoms with Crippen LogP contribution in [0.5, 0.6) is 5.75 Å². The van der Waals surface area contributed by atoms with E-state index in [-0.39, 0.29) is 5.75 Å². The zero-order valence-electron chi connectivity index (χ0n) is 15.2. The predicted molar refractivity (Wildman–Crippen MR) is 98.4 cm³/mol. The number of carboxylic acid groups (broad SMARTS) is 1.